The molecule has 1 amide bonds. The first-order valence-corrected chi connectivity index (χ1v) is 7.71. The standard InChI is InChI=1S/C16H18N6O3/c1-3-10-4-5-11(17-6-10)15(23)18-12-7-22(8-13(12)25-2)9-14-19-16(24)21-20-14/h1,4-6,12-13H,7-9H2,2H3,(H,18,23)(H2,19,20,21,24)/t12-,13-/m1/s1. The molecule has 2 atom stereocenters. The van der Waals surface area contributed by atoms with Crippen molar-refractivity contribution in [3.05, 3.63) is 45.9 Å². The van der Waals surface area contributed by atoms with Gasteiger partial charge in [0.2, 0.25) is 0 Å². The molecule has 25 heavy (non-hydrogen) atoms. The van der Waals surface area contributed by atoms with Crippen molar-refractivity contribution in [2.45, 2.75) is 18.7 Å². The van der Waals surface area contributed by atoms with Gasteiger partial charge in [0.1, 0.15) is 11.5 Å². The number of nitrogens with zero attached hydrogens (tertiary/aromatic N) is 3. The molecule has 1 fully saturated rings. The van der Waals surface area contributed by atoms with E-state index in [1.165, 1.54) is 6.20 Å². The number of likely N-dealkylation sites (tertiary alicyclic amines) is 1. The lowest BCUT2D eigenvalue weighted by Gasteiger charge is -2.18. The molecule has 1 aliphatic rings. The Bertz CT molecular complexity index is 835. The van der Waals surface area contributed by atoms with Crippen molar-refractivity contribution in [1.82, 2.24) is 30.4 Å². The molecule has 3 heterocycles. The van der Waals surface area contributed by atoms with Crippen LogP contribution in [0.4, 0.5) is 0 Å². The predicted molar refractivity (Wildman–Crippen MR) is 88.7 cm³/mol. The maximum Gasteiger partial charge on any atom is 0.340 e. The summed E-state index contributed by atoms with van der Waals surface area (Å²) in [6, 6.07) is 3.07. The average molecular weight is 342 g/mol. The van der Waals surface area contributed by atoms with E-state index < -0.39 is 0 Å². The van der Waals surface area contributed by atoms with Gasteiger partial charge in [-0.25, -0.2) is 14.9 Å². The highest BCUT2D eigenvalue weighted by Gasteiger charge is 2.34. The van der Waals surface area contributed by atoms with Gasteiger partial charge in [-0.05, 0) is 12.1 Å². The number of aromatic nitrogens is 4. The summed E-state index contributed by atoms with van der Waals surface area (Å²) in [5.74, 6) is 2.71. The highest BCUT2D eigenvalue weighted by molar-refractivity contribution is 5.92. The van der Waals surface area contributed by atoms with E-state index in [1.54, 1.807) is 19.2 Å². The SMILES string of the molecule is C#Cc1ccc(C(=O)N[C@@H]2CN(Cc3n[nH]c(=O)[nH]3)C[C@H]2OC)nc1. The van der Waals surface area contributed by atoms with E-state index in [-0.39, 0.29) is 23.7 Å². The van der Waals surface area contributed by atoms with Crippen LogP contribution < -0.4 is 11.0 Å². The van der Waals surface area contributed by atoms with Crippen LogP contribution in [0.3, 0.4) is 0 Å². The van der Waals surface area contributed by atoms with Crippen LogP contribution in [0.15, 0.2) is 23.1 Å². The third-order valence-electron chi connectivity index (χ3n) is 4.05. The minimum absolute atomic E-state index is 0.167. The van der Waals surface area contributed by atoms with Gasteiger partial charge in [0.25, 0.3) is 5.91 Å². The van der Waals surface area contributed by atoms with Crippen molar-refractivity contribution in [1.29, 1.82) is 0 Å². The number of hydrogen-bond donors (Lipinski definition) is 3. The third-order valence-corrected chi connectivity index (χ3v) is 4.05. The molecule has 1 saturated heterocycles. The van der Waals surface area contributed by atoms with Crippen LogP contribution in [0.25, 0.3) is 0 Å². The molecule has 130 valence electrons. The number of rotatable bonds is 5. The molecule has 0 bridgehead atoms. The second-order valence-electron chi connectivity index (χ2n) is 5.75. The summed E-state index contributed by atoms with van der Waals surface area (Å²) in [6.45, 7) is 1.64. The normalized spacial score (nSPS) is 20.3. The second-order valence-corrected chi connectivity index (χ2v) is 5.75. The number of aromatic amines is 2. The number of hydrogen-bond acceptors (Lipinski definition) is 6. The largest absolute Gasteiger partial charge is 0.378 e. The summed E-state index contributed by atoms with van der Waals surface area (Å²) in [6.07, 6.45) is 6.60. The first kappa shape index (κ1) is 16.9. The zero-order chi connectivity index (χ0) is 17.8. The number of nitrogens with one attached hydrogen (secondary N) is 3. The molecule has 0 aliphatic carbocycles. The van der Waals surface area contributed by atoms with Gasteiger partial charge in [-0.15, -0.1) is 6.42 Å². The molecule has 2 aromatic rings. The van der Waals surface area contributed by atoms with Crippen molar-refractivity contribution >= 4 is 5.91 Å². The molecule has 0 aromatic carbocycles. The Hall–Kier alpha value is -2.96. The van der Waals surface area contributed by atoms with Crippen LogP contribution in [0, 0.1) is 12.3 Å². The van der Waals surface area contributed by atoms with Crippen molar-refractivity contribution in [2.24, 2.45) is 0 Å². The lowest BCUT2D eigenvalue weighted by Crippen LogP contribution is -2.43. The molecule has 2 aromatic heterocycles. The van der Waals surface area contributed by atoms with Crippen molar-refractivity contribution < 1.29 is 9.53 Å². The van der Waals surface area contributed by atoms with Crippen LogP contribution in [0.1, 0.15) is 21.9 Å². The summed E-state index contributed by atoms with van der Waals surface area (Å²) >= 11 is 0. The maximum atomic E-state index is 12.4. The Morgan fingerprint density at radius 2 is 2.36 bits per heavy atom. The summed E-state index contributed by atoms with van der Waals surface area (Å²) in [5.41, 5.74) is 0.569. The third kappa shape index (κ3) is 3.93. The minimum atomic E-state index is -0.344. The van der Waals surface area contributed by atoms with E-state index in [4.69, 9.17) is 11.2 Å². The van der Waals surface area contributed by atoms with Crippen LogP contribution >= 0.6 is 0 Å². The van der Waals surface area contributed by atoms with Crippen molar-refractivity contribution in [3.8, 4) is 12.3 Å². The van der Waals surface area contributed by atoms with E-state index in [0.29, 0.717) is 36.7 Å². The first-order valence-electron chi connectivity index (χ1n) is 7.71. The Kier molecular flexibility index (Phi) is 4.92. The second kappa shape index (κ2) is 7.29. The monoisotopic (exact) mass is 342 g/mol. The zero-order valence-electron chi connectivity index (χ0n) is 13.7. The fourth-order valence-corrected chi connectivity index (χ4v) is 2.81. The number of pyridine rings is 1. The lowest BCUT2D eigenvalue weighted by molar-refractivity contribution is 0.0755. The highest BCUT2D eigenvalue weighted by Crippen LogP contribution is 2.15. The van der Waals surface area contributed by atoms with Crippen LogP contribution in [0.5, 0.6) is 0 Å². The van der Waals surface area contributed by atoms with Gasteiger partial charge in [-0.2, -0.15) is 5.10 Å². The van der Waals surface area contributed by atoms with Gasteiger partial charge in [0.15, 0.2) is 0 Å². The lowest BCUT2D eigenvalue weighted by atomic mass is 10.2. The quantitative estimate of drug-likeness (QED) is 0.607. The summed E-state index contributed by atoms with van der Waals surface area (Å²) < 4.78 is 5.47. The number of carbonyl (C=O) groups excluding carboxylic acids is 1. The average Bonchev–Trinajstić information content (AvgIpc) is 3.20. The molecule has 3 rings (SSSR count). The fraction of sp³-hybridized carbons (Fsp3) is 0.375. The molecule has 0 unspecified atom stereocenters. The molecular weight excluding hydrogens is 324 g/mol. The van der Waals surface area contributed by atoms with Crippen LogP contribution in [-0.4, -0.2) is 63.3 Å². The molecular formula is C16H18N6O3. The molecule has 1 aliphatic heterocycles. The molecule has 3 N–H and O–H groups in total. The Morgan fingerprint density at radius 1 is 1.52 bits per heavy atom. The van der Waals surface area contributed by atoms with Gasteiger partial charge in [0, 0.05) is 32.0 Å². The molecule has 9 heteroatoms. The highest BCUT2D eigenvalue weighted by atomic mass is 16.5. The fourth-order valence-electron chi connectivity index (χ4n) is 2.81. The Labute approximate surface area is 143 Å². The molecule has 0 radical (unpaired) electrons. The van der Waals surface area contributed by atoms with E-state index in [9.17, 15) is 9.59 Å². The van der Waals surface area contributed by atoms with Crippen molar-refractivity contribution in [3.63, 3.8) is 0 Å². The van der Waals surface area contributed by atoms with E-state index in [2.05, 4.69) is 31.4 Å². The number of ether oxygens (including phenoxy) is 1. The molecule has 9 nitrogen and oxygen atoms in total. The Morgan fingerprint density at radius 3 is 2.96 bits per heavy atom. The van der Waals surface area contributed by atoms with Gasteiger partial charge in [0.05, 0.1) is 18.7 Å². The molecule has 0 saturated carbocycles. The van der Waals surface area contributed by atoms with E-state index >= 15 is 0 Å². The van der Waals surface area contributed by atoms with Crippen LogP contribution in [0.2, 0.25) is 0 Å². The Balaban J connectivity index is 1.63. The zero-order valence-corrected chi connectivity index (χ0v) is 13.7. The smallest absolute Gasteiger partial charge is 0.340 e. The molecule has 0 spiro atoms. The predicted octanol–water partition coefficient (Wildman–Crippen LogP) is -0.896. The van der Waals surface area contributed by atoms with Crippen LogP contribution in [-0.2, 0) is 11.3 Å². The summed E-state index contributed by atoms with van der Waals surface area (Å²) in [7, 11) is 1.60. The number of carbonyl (C=O) groups is 1. The van der Waals surface area contributed by atoms with Gasteiger partial charge < -0.3 is 10.1 Å². The summed E-state index contributed by atoms with van der Waals surface area (Å²) in [4.78, 5) is 32.2. The maximum absolute atomic E-state index is 12.4. The number of amides is 1. The number of methoxy groups -OCH3 is 1. The van der Waals surface area contributed by atoms with E-state index in [1.807, 2.05) is 4.90 Å². The van der Waals surface area contributed by atoms with Gasteiger partial charge in [-0.1, -0.05) is 5.92 Å². The number of terminal acetylenes is 1. The minimum Gasteiger partial charge on any atom is -0.378 e. The number of H-pyrrole nitrogens is 2. The van der Waals surface area contributed by atoms with Gasteiger partial charge >= 0.3 is 5.69 Å². The first-order chi connectivity index (χ1) is 12.1. The summed E-state index contributed by atoms with van der Waals surface area (Å²) in [5, 5.41) is 9.16. The van der Waals surface area contributed by atoms with Crippen molar-refractivity contribution in [2.75, 3.05) is 20.2 Å². The topological polar surface area (TPSA) is 116 Å². The van der Waals surface area contributed by atoms with E-state index in [0.717, 1.165) is 0 Å². The van der Waals surface area contributed by atoms with Gasteiger partial charge in [-0.3, -0.25) is 14.7 Å².